The molecule has 107 heavy (non-hydrogen) atoms. The van der Waals surface area contributed by atoms with Crippen LogP contribution in [0.15, 0.2) is 133 Å². The van der Waals surface area contributed by atoms with E-state index in [0.717, 1.165) is 57.0 Å². The van der Waals surface area contributed by atoms with Crippen LogP contribution in [0.4, 0.5) is 21.9 Å². The molecule has 3 N–H and O–H groups in total. The number of aromatic nitrogens is 3. The maximum Gasteiger partial charge on any atom is 0.416 e. The number of rotatable bonds is 28. The predicted molar refractivity (Wildman–Crippen MR) is 395 cm³/mol. The number of aliphatic imine (C=N–C) groups is 1. The van der Waals surface area contributed by atoms with E-state index < -0.39 is 47.9 Å². The zero-order valence-electron chi connectivity index (χ0n) is 60.8. The van der Waals surface area contributed by atoms with E-state index in [9.17, 15) is 48.3 Å². The number of aliphatic hydroxyl groups is 1. The monoisotopic (exact) mass is 1450 g/mol. The van der Waals surface area contributed by atoms with Crippen molar-refractivity contribution in [1.29, 1.82) is 0 Å². The second-order valence-corrected chi connectivity index (χ2v) is 28.4. The van der Waals surface area contributed by atoms with Crippen LogP contribution in [-0.2, 0) is 60.1 Å². The number of benzene rings is 6. The third-order valence-electron chi connectivity index (χ3n) is 20.9. The van der Waals surface area contributed by atoms with Gasteiger partial charge in [0.15, 0.2) is 40.8 Å². The SMILES string of the molecule is COc1ccc(C2=CN3C(=O)c4cc(OC)c(OCCCOc5cc6c(cc5OC)C(=O)N5CC7(CC7)C[C@H]5[C@H](O)N6C(=O)OCc5ccc(CC(=O)[C@H](C)NC(=O)[C@@H](CC(=O)CNC(=O)CCC(=O)CCC(=O)N6Cc7ccccc7-c7c(nnn7C)-c7ccccc76)C(C)C)cc5)cc4N=C[C@@H]3C2)cc1. The zero-order valence-corrected chi connectivity index (χ0v) is 60.8. The Labute approximate surface area is 619 Å². The van der Waals surface area contributed by atoms with E-state index in [2.05, 4.69) is 20.9 Å². The molecule has 1 aromatic heterocycles. The molecule has 1 saturated heterocycles. The Kier molecular flexibility index (Phi) is 21.8. The Morgan fingerprint density at radius 3 is 2.10 bits per heavy atom. The van der Waals surface area contributed by atoms with Crippen molar-refractivity contribution < 1.29 is 76.7 Å². The summed E-state index contributed by atoms with van der Waals surface area (Å²) in [5, 5.41) is 26.3. The number of amides is 6. The topological polar surface area (TPSA) is 309 Å². The number of nitrogens with zero attached hydrogens (tertiary/aromatic N) is 8. The fourth-order valence-corrected chi connectivity index (χ4v) is 14.6. The van der Waals surface area contributed by atoms with Gasteiger partial charge in [-0.1, -0.05) is 97.9 Å². The highest BCUT2D eigenvalue weighted by atomic mass is 16.6. The van der Waals surface area contributed by atoms with Gasteiger partial charge in [-0.05, 0) is 95.7 Å². The molecule has 7 aromatic rings. The standard InChI is InChI=1S/C81H86N10O16/c1-47(2)60(35-56(93)42-83-72(95)27-23-55(92)24-28-73(96)89-43-52-13-8-9-14-58(52)75-74(85-86-87(75)4)59-15-10-11-16-64(59)89)76(97)84-48(3)67(94)33-49-17-19-50(20-18-49)45-107-80(101)91-65-39-71(69(104-7)37-62(65)78(99)90-46-81(29-30-81)40-66(90)79(91)100)106-32-12-31-105-70-38-63-61(36-68(70)103-6)77(98)88-44-53(34-54(88)41-82-63)51-21-25-57(102-5)26-22-51/h8-11,13-22,25-26,36-39,41,44,47-48,54,60,66,79,100H,12,23-24,27-35,40,42-43,45-46H2,1-7H3,(H,83,95)(H,84,97)/t48-,54-,60-,66-,79-/m0/s1. The van der Waals surface area contributed by atoms with Gasteiger partial charge in [-0.15, -0.1) is 5.10 Å². The maximum absolute atomic E-state index is 14.5. The normalized spacial score (nSPS) is 17.6. The van der Waals surface area contributed by atoms with Crippen molar-refractivity contribution in [3.63, 3.8) is 0 Å². The summed E-state index contributed by atoms with van der Waals surface area (Å²) in [6.45, 7) is 5.42. The second-order valence-electron chi connectivity index (χ2n) is 28.4. The Hall–Kier alpha value is -11.5. The zero-order chi connectivity index (χ0) is 75.4. The number of hydrogen-bond donors (Lipinski definition) is 3. The summed E-state index contributed by atoms with van der Waals surface area (Å²) in [4.78, 5) is 134. The molecule has 6 heterocycles. The van der Waals surface area contributed by atoms with E-state index in [1.165, 1.54) is 26.4 Å². The molecule has 6 amide bonds. The van der Waals surface area contributed by atoms with Gasteiger partial charge < -0.3 is 58.9 Å². The van der Waals surface area contributed by atoms with E-state index in [0.29, 0.717) is 71.1 Å². The molecule has 26 nitrogen and oxygen atoms in total. The molecular weight excluding hydrogens is 1370 g/mol. The Morgan fingerprint density at radius 1 is 0.710 bits per heavy atom. The molecule has 1 aliphatic carbocycles. The minimum absolute atomic E-state index is 0.0649. The molecule has 2 fully saturated rings. The summed E-state index contributed by atoms with van der Waals surface area (Å²) in [6, 6.07) is 34.0. The summed E-state index contributed by atoms with van der Waals surface area (Å²) in [5.41, 5.74) is 8.59. The van der Waals surface area contributed by atoms with Crippen LogP contribution >= 0.6 is 0 Å². The number of ether oxygens (including phenoxy) is 6. The van der Waals surface area contributed by atoms with Crippen LogP contribution in [-0.4, -0.2) is 161 Å². The summed E-state index contributed by atoms with van der Waals surface area (Å²) in [6.07, 6.45) is 3.59. The largest absolute Gasteiger partial charge is 0.497 e. The van der Waals surface area contributed by atoms with Crippen molar-refractivity contribution >= 4 is 81.8 Å². The molecule has 26 heteroatoms. The third-order valence-corrected chi connectivity index (χ3v) is 20.9. The van der Waals surface area contributed by atoms with Crippen LogP contribution in [0, 0.1) is 17.3 Å². The van der Waals surface area contributed by atoms with Crippen molar-refractivity contribution in [2.75, 3.05) is 57.4 Å². The minimum atomic E-state index is -1.49. The first kappa shape index (κ1) is 73.8. The number of methoxy groups -OCH3 is 3. The fourth-order valence-electron chi connectivity index (χ4n) is 14.6. The van der Waals surface area contributed by atoms with E-state index >= 15 is 0 Å². The molecule has 6 aliphatic rings. The predicted octanol–water partition coefficient (Wildman–Crippen LogP) is 10.1. The summed E-state index contributed by atoms with van der Waals surface area (Å²) in [7, 11) is 6.37. The quantitative estimate of drug-likeness (QED) is 0.0384. The van der Waals surface area contributed by atoms with Gasteiger partial charge in [-0.2, -0.15) is 0 Å². The van der Waals surface area contributed by atoms with Crippen LogP contribution in [0.2, 0.25) is 0 Å². The number of aliphatic hydroxyl groups excluding tert-OH is 1. The molecule has 1 saturated carbocycles. The number of nitrogens with one attached hydrogen (secondary N) is 2. The number of aryl methyl sites for hydroxylation is 1. The molecule has 5 aliphatic heterocycles. The van der Waals surface area contributed by atoms with Crippen molar-refractivity contribution in [3.8, 4) is 51.3 Å². The van der Waals surface area contributed by atoms with Crippen LogP contribution in [0.3, 0.4) is 0 Å². The van der Waals surface area contributed by atoms with E-state index in [1.807, 2.05) is 86.0 Å². The molecule has 556 valence electrons. The molecule has 0 bridgehead atoms. The lowest BCUT2D eigenvalue weighted by Gasteiger charge is -2.31. The number of anilines is 2. The lowest BCUT2D eigenvalue weighted by molar-refractivity contribution is -0.133. The highest BCUT2D eigenvalue weighted by molar-refractivity contribution is 6.08. The molecule has 1 spiro atoms. The number of carbonyl (C=O) groups is 9. The molecular formula is C81H86N10O16. The van der Waals surface area contributed by atoms with Gasteiger partial charge in [-0.25, -0.2) is 14.4 Å². The Bertz CT molecular complexity index is 4700. The van der Waals surface area contributed by atoms with E-state index in [4.69, 9.17) is 33.4 Å². The van der Waals surface area contributed by atoms with Gasteiger partial charge in [0, 0.05) is 107 Å². The van der Waals surface area contributed by atoms with Crippen LogP contribution in [0.5, 0.6) is 28.7 Å². The second kappa shape index (κ2) is 31.6. The van der Waals surface area contributed by atoms with Gasteiger partial charge in [0.2, 0.25) is 17.7 Å². The number of Topliss-reactive ketones (excluding diaryl/α,β-unsaturated/α-hetero) is 3. The number of ketones is 3. The number of carbonyl (C=O) groups excluding carboxylic acids is 9. The first-order valence-electron chi connectivity index (χ1n) is 36.1. The maximum atomic E-state index is 14.5. The van der Waals surface area contributed by atoms with Crippen molar-refractivity contribution in [2.24, 2.45) is 29.3 Å². The molecule has 0 radical (unpaired) electrons. The highest BCUT2D eigenvalue weighted by Crippen LogP contribution is 2.57. The minimum Gasteiger partial charge on any atom is -0.497 e. The van der Waals surface area contributed by atoms with Gasteiger partial charge in [0.1, 0.15) is 23.8 Å². The number of para-hydroxylation sites is 1. The summed E-state index contributed by atoms with van der Waals surface area (Å²) < 4.78 is 36.9. The van der Waals surface area contributed by atoms with Crippen molar-refractivity contribution in [2.45, 2.75) is 129 Å². The first-order chi connectivity index (χ1) is 51.6. The number of hydrogen-bond acceptors (Lipinski definition) is 19. The Morgan fingerprint density at radius 2 is 1.39 bits per heavy atom. The molecule has 13 rings (SSSR count). The van der Waals surface area contributed by atoms with Crippen LogP contribution in [0.25, 0.3) is 28.1 Å². The lowest BCUT2D eigenvalue weighted by atomic mass is 9.89. The average molecular weight is 1460 g/mol. The first-order valence-corrected chi connectivity index (χ1v) is 36.1. The van der Waals surface area contributed by atoms with E-state index in [-0.39, 0.29) is 141 Å². The van der Waals surface area contributed by atoms with Gasteiger partial charge in [0.25, 0.3) is 11.8 Å². The highest BCUT2D eigenvalue weighted by Gasteiger charge is 2.58. The smallest absolute Gasteiger partial charge is 0.416 e. The van der Waals surface area contributed by atoms with Crippen molar-refractivity contribution in [1.82, 2.24) is 35.4 Å². The van der Waals surface area contributed by atoms with Crippen LogP contribution in [0.1, 0.15) is 128 Å². The van der Waals surface area contributed by atoms with Crippen LogP contribution < -0.4 is 44.1 Å². The summed E-state index contributed by atoms with van der Waals surface area (Å²) >= 11 is 0. The van der Waals surface area contributed by atoms with Gasteiger partial charge >= 0.3 is 6.09 Å². The fraction of sp³-hybridized carbons (Fsp3) is 0.383. The average Bonchev–Trinajstić information content (AvgIpc) is 1.57. The van der Waals surface area contributed by atoms with E-state index in [1.54, 1.807) is 89.9 Å². The Balaban J connectivity index is 0.570. The third kappa shape index (κ3) is 15.9. The molecule has 5 atom stereocenters. The molecule has 6 aromatic carbocycles. The van der Waals surface area contributed by atoms with Crippen molar-refractivity contribution in [3.05, 3.63) is 161 Å². The summed E-state index contributed by atoms with van der Waals surface area (Å²) in [5.74, 6) is -2.21. The van der Waals surface area contributed by atoms with Gasteiger partial charge in [0.05, 0.1) is 99.6 Å². The number of fused-ring (bicyclic) bond motifs is 9. The lowest BCUT2D eigenvalue weighted by Crippen LogP contribution is -2.50. The van der Waals surface area contributed by atoms with Gasteiger partial charge in [-0.3, -0.25) is 43.3 Å². The molecule has 0 unspecified atom stereocenters.